The molecule has 0 radical (unpaired) electrons. The van der Waals surface area contributed by atoms with E-state index in [1.165, 1.54) is 0 Å². The molecule has 1 heterocycles. The van der Waals surface area contributed by atoms with Crippen molar-refractivity contribution in [2.45, 2.75) is 29.9 Å². The number of fused-ring (bicyclic) bond motifs is 1. The van der Waals surface area contributed by atoms with Gasteiger partial charge in [0.25, 0.3) is 0 Å². The van der Waals surface area contributed by atoms with Crippen molar-refractivity contribution in [2.75, 3.05) is 24.9 Å². The minimum atomic E-state index is -5.75. The maximum Gasteiger partial charge on any atom is 0.523 e. The van der Waals surface area contributed by atoms with E-state index in [4.69, 9.17) is 13.1 Å². The van der Waals surface area contributed by atoms with Gasteiger partial charge in [0.15, 0.2) is 0 Å². The average Bonchev–Trinajstić information content (AvgIpc) is 3.04. The molecule has 2 aromatic rings. The Morgan fingerprint density at radius 2 is 1.86 bits per heavy atom. The summed E-state index contributed by atoms with van der Waals surface area (Å²) in [7, 11) is -8.54. The highest BCUT2D eigenvalue weighted by Crippen LogP contribution is 2.65. The summed E-state index contributed by atoms with van der Waals surface area (Å²) >= 11 is 0. The van der Waals surface area contributed by atoms with Crippen molar-refractivity contribution in [1.82, 2.24) is 0 Å². The summed E-state index contributed by atoms with van der Waals surface area (Å²) in [5.41, 5.74) is -5.48. The predicted octanol–water partition coefficient (Wildman–Crippen LogP) is 4.57. The van der Waals surface area contributed by atoms with Crippen molar-refractivity contribution in [3.8, 4) is 0 Å². The lowest BCUT2D eigenvalue weighted by atomic mass is 10.1. The molecule has 1 aliphatic rings. The summed E-state index contributed by atoms with van der Waals surface area (Å²) in [4.78, 5) is 0.487. The lowest BCUT2D eigenvalue weighted by Crippen LogP contribution is -2.28. The first-order valence-electron chi connectivity index (χ1n) is 8.67. The molecule has 0 spiro atoms. The number of rotatable bonds is 7. The number of alkyl halides is 3. The maximum atomic E-state index is 13.1. The number of hydrogen-bond acceptors (Lipinski definition) is 5. The van der Waals surface area contributed by atoms with Crippen molar-refractivity contribution >= 4 is 31.2 Å². The number of ether oxygens (including phenoxy) is 2. The van der Waals surface area contributed by atoms with Crippen LogP contribution in [0.1, 0.15) is 13.3 Å². The van der Waals surface area contributed by atoms with Gasteiger partial charge in [-0.15, -0.1) is 0 Å². The molecule has 2 atom stereocenters. The number of halogens is 3. The topological polar surface area (TPSA) is 61.8 Å². The third-order valence-corrected chi connectivity index (χ3v) is 9.76. The number of benzene rings is 2. The van der Waals surface area contributed by atoms with Gasteiger partial charge in [-0.3, -0.25) is 0 Å². The van der Waals surface area contributed by atoms with E-state index in [0.29, 0.717) is 23.3 Å². The standard InChI is InChI=1S/C18H21F3O5S2/c1-2-24-13-25-15-10-11-27(12-15,26-28(22,23)18(19,20)21)17-9-5-7-14-6-3-4-8-16(14)17/h3-9,15H,2,10-13H2,1H3. The average molecular weight is 438 g/mol. The van der Waals surface area contributed by atoms with Crippen LogP contribution in [0.4, 0.5) is 13.2 Å². The van der Waals surface area contributed by atoms with Crippen LogP contribution in [0, 0.1) is 0 Å². The van der Waals surface area contributed by atoms with Gasteiger partial charge in [0.2, 0.25) is 0 Å². The molecule has 0 N–H and O–H groups in total. The minimum Gasteiger partial charge on any atom is -0.356 e. The molecule has 1 aliphatic heterocycles. The molecular weight excluding hydrogens is 417 g/mol. The second kappa shape index (κ2) is 8.19. The molecule has 0 aromatic heterocycles. The van der Waals surface area contributed by atoms with Crippen molar-refractivity contribution in [2.24, 2.45) is 0 Å². The highest BCUT2D eigenvalue weighted by Gasteiger charge is 2.53. The van der Waals surface area contributed by atoms with Crippen molar-refractivity contribution in [1.29, 1.82) is 0 Å². The summed E-state index contributed by atoms with van der Waals surface area (Å²) in [6.45, 7) is 2.23. The molecule has 1 fully saturated rings. The summed E-state index contributed by atoms with van der Waals surface area (Å²) in [6.07, 6.45) is -0.0529. The molecule has 2 unspecified atom stereocenters. The Kier molecular flexibility index (Phi) is 6.26. The van der Waals surface area contributed by atoms with Crippen LogP contribution in [-0.2, 0) is 23.2 Å². The summed E-state index contributed by atoms with van der Waals surface area (Å²) < 4.78 is 78.7. The second-order valence-electron chi connectivity index (χ2n) is 6.32. The van der Waals surface area contributed by atoms with E-state index in [1.807, 2.05) is 18.2 Å². The monoisotopic (exact) mass is 438 g/mol. The Balaban J connectivity index is 2.03. The molecule has 3 rings (SSSR count). The molecule has 28 heavy (non-hydrogen) atoms. The molecule has 0 saturated carbocycles. The zero-order valence-electron chi connectivity index (χ0n) is 15.1. The largest absolute Gasteiger partial charge is 0.523 e. The lowest BCUT2D eigenvalue weighted by molar-refractivity contribution is -0.0777. The van der Waals surface area contributed by atoms with Gasteiger partial charge in [0, 0.05) is 23.0 Å². The van der Waals surface area contributed by atoms with Gasteiger partial charge in [-0.05, 0) is 30.2 Å². The molecule has 0 amide bonds. The summed E-state index contributed by atoms with van der Waals surface area (Å²) in [6, 6.07) is 12.3. The fraction of sp³-hybridized carbons (Fsp3) is 0.444. The van der Waals surface area contributed by atoms with E-state index in [1.54, 1.807) is 31.2 Å². The molecule has 0 aliphatic carbocycles. The second-order valence-corrected chi connectivity index (χ2v) is 11.0. The molecule has 1 saturated heterocycles. The highest BCUT2D eigenvalue weighted by molar-refractivity contribution is 8.33. The fourth-order valence-electron chi connectivity index (χ4n) is 3.18. The maximum absolute atomic E-state index is 13.1. The van der Waals surface area contributed by atoms with Gasteiger partial charge in [0.05, 0.1) is 6.10 Å². The zero-order chi connectivity index (χ0) is 20.4. The zero-order valence-corrected chi connectivity index (χ0v) is 16.8. The van der Waals surface area contributed by atoms with Crippen LogP contribution in [0.3, 0.4) is 0 Å². The molecule has 10 heteroatoms. The van der Waals surface area contributed by atoms with Crippen molar-refractivity contribution in [3.63, 3.8) is 0 Å². The normalized spacial score (nSPS) is 25.6. The highest BCUT2D eigenvalue weighted by atomic mass is 32.3. The quantitative estimate of drug-likeness (QED) is 0.360. The van der Waals surface area contributed by atoms with Gasteiger partial charge >= 0.3 is 15.6 Å². The first-order valence-corrected chi connectivity index (χ1v) is 12.0. The molecule has 2 aromatic carbocycles. The van der Waals surface area contributed by atoms with Gasteiger partial charge in [-0.25, -0.2) is 3.63 Å². The van der Waals surface area contributed by atoms with Crippen LogP contribution in [0.25, 0.3) is 10.8 Å². The van der Waals surface area contributed by atoms with Crippen LogP contribution in [-0.4, -0.2) is 44.9 Å². The first-order chi connectivity index (χ1) is 13.2. The van der Waals surface area contributed by atoms with E-state index in [2.05, 4.69) is 0 Å². The van der Waals surface area contributed by atoms with Gasteiger partial charge in [-0.2, -0.15) is 21.6 Å². The number of hydrogen-bond donors (Lipinski definition) is 0. The fourth-order valence-corrected chi connectivity index (χ4v) is 8.63. The minimum absolute atomic E-state index is 0.00174. The van der Waals surface area contributed by atoms with E-state index in [9.17, 15) is 21.6 Å². The first kappa shape index (κ1) is 21.4. The Labute approximate surface area is 163 Å². The van der Waals surface area contributed by atoms with E-state index >= 15 is 0 Å². The van der Waals surface area contributed by atoms with Crippen LogP contribution >= 0.6 is 10.3 Å². The van der Waals surface area contributed by atoms with E-state index in [0.717, 1.165) is 5.39 Å². The van der Waals surface area contributed by atoms with Gasteiger partial charge in [-0.1, -0.05) is 46.7 Å². The smallest absolute Gasteiger partial charge is 0.356 e. The summed E-state index contributed by atoms with van der Waals surface area (Å²) in [5.74, 6) is 0.219. The Bertz CT molecular complexity index is 927. The van der Waals surface area contributed by atoms with Crippen LogP contribution in [0.2, 0.25) is 0 Å². The molecular formula is C18H21F3O5S2. The molecule has 0 bridgehead atoms. The van der Waals surface area contributed by atoms with Crippen LogP contribution in [0.15, 0.2) is 47.4 Å². The van der Waals surface area contributed by atoms with Gasteiger partial charge in [0.1, 0.15) is 6.79 Å². The Morgan fingerprint density at radius 1 is 1.14 bits per heavy atom. The van der Waals surface area contributed by atoms with Gasteiger partial charge < -0.3 is 9.47 Å². The molecule has 156 valence electrons. The molecule has 5 nitrogen and oxygen atoms in total. The summed E-state index contributed by atoms with van der Waals surface area (Å²) in [5, 5.41) is 1.49. The predicted molar refractivity (Wildman–Crippen MR) is 102 cm³/mol. The lowest BCUT2D eigenvalue weighted by Gasteiger charge is -2.35. The Hall–Kier alpha value is -1.33. The van der Waals surface area contributed by atoms with Crippen molar-refractivity contribution in [3.05, 3.63) is 42.5 Å². The third-order valence-electron chi connectivity index (χ3n) is 4.47. The van der Waals surface area contributed by atoms with Crippen LogP contribution < -0.4 is 0 Å². The third kappa shape index (κ3) is 4.30. The van der Waals surface area contributed by atoms with E-state index < -0.39 is 32.0 Å². The Morgan fingerprint density at radius 3 is 2.57 bits per heavy atom. The van der Waals surface area contributed by atoms with E-state index in [-0.39, 0.29) is 18.3 Å². The van der Waals surface area contributed by atoms with Crippen molar-refractivity contribution < 1.29 is 34.7 Å². The SMILES string of the molecule is CCOCOC1CCS(OS(=O)(=O)C(F)(F)F)(c2cccc3ccccc23)C1. The van der Waals surface area contributed by atoms with Crippen LogP contribution in [0.5, 0.6) is 0 Å².